The zero-order valence-corrected chi connectivity index (χ0v) is 17.0. The molecule has 1 amide bonds. The Labute approximate surface area is 176 Å². The molecule has 0 aromatic heterocycles. The van der Waals surface area contributed by atoms with Gasteiger partial charge in [0.15, 0.2) is 0 Å². The average Bonchev–Trinajstić information content (AvgIpc) is 2.78. The van der Waals surface area contributed by atoms with E-state index in [0.29, 0.717) is 35.4 Å². The number of hydrogen-bond donors (Lipinski definition) is 1. The van der Waals surface area contributed by atoms with E-state index in [1.54, 1.807) is 24.3 Å². The van der Waals surface area contributed by atoms with E-state index < -0.39 is 0 Å². The molecular weight excluding hydrogens is 383 g/mol. The Kier molecular flexibility index (Phi) is 6.43. The van der Waals surface area contributed by atoms with Crippen LogP contribution in [0.2, 0.25) is 0 Å². The van der Waals surface area contributed by atoms with Gasteiger partial charge in [0.2, 0.25) is 0 Å². The molecule has 0 aliphatic carbocycles. The maximum Gasteiger partial charge on any atom is 0.338 e. The van der Waals surface area contributed by atoms with Gasteiger partial charge < -0.3 is 10.1 Å². The minimum Gasteiger partial charge on any atom is -0.462 e. The highest BCUT2D eigenvalue weighted by molar-refractivity contribution is 6.04. The standard InChI is InChI=1S/C24H27FN2O3/c25-20-10-6-17(7-11-20)23(28)26-21-12-8-18(9-13-21)24(29)30-16-19-4-3-15-27-14-2-1-5-22(19)27/h6-13,19,22H,1-5,14-16H2,(H,26,28)/t19-,22+/m0/s1. The number of nitrogens with one attached hydrogen (secondary N) is 1. The van der Waals surface area contributed by atoms with Gasteiger partial charge in [-0.2, -0.15) is 0 Å². The van der Waals surface area contributed by atoms with E-state index in [1.165, 1.54) is 63.0 Å². The van der Waals surface area contributed by atoms with Gasteiger partial charge >= 0.3 is 5.97 Å². The molecule has 2 saturated heterocycles. The second kappa shape index (κ2) is 9.39. The summed E-state index contributed by atoms with van der Waals surface area (Å²) in [6.07, 6.45) is 6.01. The lowest BCUT2D eigenvalue weighted by Crippen LogP contribution is -2.49. The summed E-state index contributed by atoms with van der Waals surface area (Å²) in [6.45, 7) is 2.80. The zero-order valence-electron chi connectivity index (χ0n) is 17.0. The van der Waals surface area contributed by atoms with Gasteiger partial charge in [-0.15, -0.1) is 0 Å². The van der Waals surface area contributed by atoms with Crippen LogP contribution in [0.1, 0.15) is 52.8 Å². The van der Waals surface area contributed by atoms with Gasteiger partial charge in [-0.3, -0.25) is 9.69 Å². The number of carbonyl (C=O) groups excluding carboxylic acids is 2. The molecule has 2 aliphatic rings. The lowest BCUT2D eigenvalue weighted by molar-refractivity contribution is 0.00739. The predicted molar refractivity (Wildman–Crippen MR) is 113 cm³/mol. The summed E-state index contributed by atoms with van der Waals surface area (Å²) >= 11 is 0. The molecule has 2 aromatic carbocycles. The number of hydrogen-bond acceptors (Lipinski definition) is 4. The smallest absolute Gasteiger partial charge is 0.338 e. The van der Waals surface area contributed by atoms with Crippen molar-refractivity contribution in [2.75, 3.05) is 25.0 Å². The van der Waals surface area contributed by atoms with Crippen LogP contribution in [0.25, 0.3) is 0 Å². The third-order valence-electron chi connectivity index (χ3n) is 6.14. The number of amides is 1. The summed E-state index contributed by atoms with van der Waals surface area (Å²) in [5.41, 5.74) is 1.39. The molecule has 2 aliphatic heterocycles. The normalized spacial score (nSPS) is 21.5. The average molecular weight is 410 g/mol. The Morgan fingerprint density at radius 3 is 2.40 bits per heavy atom. The second-order valence-electron chi connectivity index (χ2n) is 8.14. The number of benzene rings is 2. The minimum atomic E-state index is -0.390. The van der Waals surface area contributed by atoms with Gasteiger partial charge in [0.05, 0.1) is 12.2 Å². The lowest BCUT2D eigenvalue weighted by Gasteiger charge is -2.44. The molecule has 30 heavy (non-hydrogen) atoms. The number of halogens is 1. The number of nitrogens with zero attached hydrogens (tertiary/aromatic N) is 1. The van der Waals surface area contributed by atoms with Gasteiger partial charge in [-0.05, 0) is 87.3 Å². The molecule has 5 nitrogen and oxygen atoms in total. The number of rotatable bonds is 5. The first kappa shape index (κ1) is 20.5. The first-order chi connectivity index (χ1) is 14.6. The third kappa shape index (κ3) is 4.87. The van der Waals surface area contributed by atoms with Crippen LogP contribution in [0, 0.1) is 11.7 Å². The van der Waals surface area contributed by atoms with Crippen molar-refractivity contribution in [3.63, 3.8) is 0 Å². The summed E-state index contributed by atoms with van der Waals surface area (Å²) in [5, 5.41) is 2.74. The van der Waals surface area contributed by atoms with Crippen molar-refractivity contribution in [2.24, 2.45) is 5.92 Å². The van der Waals surface area contributed by atoms with Gasteiger partial charge in [0, 0.05) is 23.2 Å². The first-order valence-corrected chi connectivity index (χ1v) is 10.7. The van der Waals surface area contributed by atoms with E-state index in [9.17, 15) is 14.0 Å². The number of anilines is 1. The van der Waals surface area contributed by atoms with Crippen molar-refractivity contribution in [2.45, 2.75) is 38.1 Å². The molecule has 2 heterocycles. The molecule has 0 bridgehead atoms. The van der Waals surface area contributed by atoms with Crippen molar-refractivity contribution in [1.29, 1.82) is 0 Å². The minimum absolute atomic E-state index is 0.334. The van der Waals surface area contributed by atoms with Crippen LogP contribution in [0.15, 0.2) is 48.5 Å². The van der Waals surface area contributed by atoms with Crippen molar-refractivity contribution < 1.29 is 18.7 Å². The Morgan fingerprint density at radius 2 is 1.63 bits per heavy atom. The summed E-state index contributed by atoms with van der Waals surface area (Å²) in [6, 6.07) is 12.5. The molecule has 0 unspecified atom stereocenters. The van der Waals surface area contributed by atoms with E-state index in [4.69, 9.17) is 4.74 Å². The molecule has 4 rings (SSSR count). The fourth-order valence-corrected chi connectivity index (χ4v) is 4.53. The van der Waals surface area contributed by atoms with E-state index in [-0.39, 0.29) is 17.7 Å². The first-order valence-electron chi connectivity index (χ1n) is 10.7. The highest BCUT2D eigenvalue weighted by atomic mass is 19.1. The van der Waals surface area contributed by atoms with Gasteiger partial charge in [0.1, 0.15) is 5.82 Å². The summed E-state index contributed by atoms with van der Waals surface area (Å²) in [5.74, 6) is -0.643. The van der Waals surface area contributed by atoms with Crippen LogP contribution in [0.5, 0.6) is 0 Å². The highest BCUT2D eigenvalue weighted by Crippen LogP contribution is 2.31. The number of piperidine rings is 2. The Bertz CT molecular complexity index is 880. The summed E-state index contributed by atoms with van der Waals surface area (Å²) < 4.78 is 18.6. The Morgan fingerprint density at radius 1 is 0.933 bits per heavy atom. The van der Waals surface area contributed by atoms with E-state index in [2.05, 4.69) is 10.2 Å². The van der Waals surface area contributed by atoms with Crippen LogP contribution < -0.4 is 5.32 Å². The predicted octanol–water partition coefficient (Wildman–Crippen LogP) is 4.50. The van der Waals surface area contributed by atoms with E-state index >= 15 is 0 Å². The second-order valence-corrected chi connectivity index (χ2v) is 8.14. The van der Waals surface area contributed by atoms with Gasteiger partial charge in [0.25, 0.3) is 5.91 Å². The Balaban J connectivity index is 1.30. The maximum atomic E-state index is 13.0. The largest absolute Gasteiger partial charge is 0.462 e. The van der Waals surface area contributed by atoms with Crippen molar-refractivity contribution in [3.05, 3.63) is 65.5 Å². The van der Waals surface area contributed by atoms with E-state index in [1.807, 2.05) is 0 Å². The number of esters is 1. The fourth-order valence-electron chi connectivity index (χ4n) is 4.53. The number of carbonyl (C=O) groups is 2. The van der Waals surface area contributed by atoms with Crippen molar-refractivity contribution in [1.82, 2.24) is 4.90 Å². The van der Waals surface area contributed by atoms with Crippen LogP contribution in [0.4, 0.5) is 10.1 Å². The molecule has 2 atom stereocenters. The Hall–Kier alpha value is -2.73. The quantitative estimate of drug-likeness (QED) is 0.738. The molecule has 0 radical (unpaired) electrons. The molecule has 1 N–H and O–H groups in total. The van der Waals surface area contributed by atoms with Crippen molar-refractivity contribution >= 4 is 17.6 Å². The topological polar surface area (TPSA) is 58.6 Å². The van der Waals surface area contributed by atoms with Crippen LogP contribution >= 0.6 is 0 Å². The van der Waals surface area contributed by atoms with Crippen LogP contribution in [0.3, 0.4) is 0 Å². The van der Waals surface area contributed by atoms with Crippen molar-refractivity contribution in [3.8, 4) is 0 Å². The molecule has 6 heteroatoms. The monoisotopic (exact) mass is 410 g/mol. The molecule has 2 fully saturated rings. The lowest BCUT2D eigenvalue weighted by atomic mass is 9.84. The van der Waals surface area contributed by atoms with Gasteiger partial charge in [-0.1, -0.05) is 6.42 Å². The highest BCUT2D eigenvalue weighted by Gasteiger charge is 2.33. The molecular formula is C24H27FN2O3. The molecule has 2 aromatic rings. The van der Waals surface area contributed by atoms with Gasteiger partial charge in [-0.25, -0.2) is 9.18 Å². The fraction of sp³-hybridized carbons (Fsp3) is 0.417. The summed E-state index contributed by atoms with van der Waals surface area (Å²) in [7, 11) is 0. The van der Waals surface area contributed by atoms with Crippen LogP contribution in [-0.4, -0.2) is 42.5 Å². The summed E-state index contributed by atoms with van der Waals surface area (Å²) in [4.78, 5) is 27.2. The molecule has 0 saturated carbocycles. The number of ether oxygens (including phenoxy) is 1. The van der Waals surface area contributed by atoms with Crippen LogP contribution in [-0.2, 0) is 4.74 Å². The third-order valence-corrected chi connectivity index (χ3v) is 6.14. The SMILES string of the molecule is O=C(Nc1ccc(C(=O)OC[C@@H]2CCCN3CCCC[C@H]23)cc1)c1ccc(F)cc1. The van der Waals surface area contributed by atoms with E-state index in [0.717, 1.165) is 6.42 Å². The molecule has 158 valence electrons. The number of fused-ring (bicyclic) bond motifs is 1. The molecule has 0 spiro atoms. The maximum absolute atomic E-state index is 13.0. The zero-order chi connectivity index (χ0) is 20.9.